The molecule has 1 aliphatic carbocycles. The fraction of sp³-hybridized carbons (Fsp3) is 0.370. The van der Waals surface area contributed by atoms with E-state index in [1.807, 2.05) is 24.5 Å². The Morgan fingerprint density at radius 1 is 1.09 bits per heavy atom. The van der Waals surface area contributed by atoms with Crippen LogP contribution in [0.1, 0.15) is 49.7 Å². The molecule has 0 unspecified atom stereocenters. The molecule has 2 heterocycles. The number of carbonyl (C=O) groups excluding carboxylic acids is 1. The maximum Gasteiger partial charge on any atom is 0.230 e. The average Bonchev–Trinajstić information content (AvgIpc) is 3.48. The van der Waals surface area contributed by atoms with Gasteiger partial charge in [0.1, 0.15) is 5.52 Å². The number of hydrogen-bond acceptors (Lipinski definition) is 4. The molecule has 0 aliphatic heterocycles. The van der Waals surface area contributed by atoms with Crippen LogP contribution in [0.15, 0.2) is 54.9 Å². The molecule has 0 saturated heterocycles. The Labute approximate surface area is 194 Å². The number of para-hydroxylation sites is 1. The molecule has 0 spiro atoms. The lowest BCUT2D eigenvalue weighted by molar-refractivity contribution is -0.126. The smallest absolute Gasteiger partial charge is 0.230 e. The monoisotopic (exact) mass is 441 g/mol. The van der Waals surface area contributed by atoms with Gasteiger partial charge in [0.25, 0.3) is 0 Å². The highest BCUT2D eigenvalue weighted by Crippen LogP contribution is 2.41. The molecule has 6 heteroatoms. The third kappa shape index (κ3) is 3.94. The van der Waals surface area contributed by atoms with Crippen molar-refractivity contribution in [2.75, 3.05) is 12.3 Å². The average molecular weight is 442 g/mol. The highest BCUT2D eigenvalue weighted by Gasteiger charge is 2.42. The molecule has 0 radical (unpaired) electrons. The number of aryl methyl sites for hydroxylation is 2. The van der Waals surface area contributed by atoms with Gasteiger partial charge in [0.05, 0.1) is 22.8 Å². The van der Waals surface area contributed by atoms with Crippen LogP contribution in [0.5, 0.6) is 0 Å². The Balaban J connectivity index is 1.23. The second-order valence-corrected chi connectivity index (χ2v) is 9.27. The summed E-state index contributed by atoms with van der Waals surface area (Å²) in [5, 5.41) is 4.30. The largest absolute Gasteiger partial charge is 0.382 e. The maximum atomic E-state index is 13.3. The van der Waals surface area contributed by atoms with Crippen LogP contribution in [0.3, 0.4) is 0 Å². The van der Waals surface area contributed by atoms with Crippen molar-refractivity contribution >= 4 is 33.7 Å². The lowest BCUT2D eigenvalue weighted by Crippen LogP contribution is -2.43. The number of pyridine rings is 1. The molecule has 3 N–H and O–H groups in total. The van der Waals surface area contributed by atoms with Crippen LogP contribution in [-0.4, -0.2) is 27.0 Å². The number of hydrogen-bond donors (Lipinski definition) is 2. The molecule has 6 nitrogen and oxygen atoms in total. The molecule has 1 fully saturated rings. The number of nitrogens with one attached hydrogen (secondary N) is 1. The number of rotatable bonds is 7. The normalized spacial score (nSPS) is 15.3. The zero-order valence-electron chi connectivity index (χ0n) is 19.2. The fourth-order valence-corrected chi connectivity index (χ4v) is 5.25. The fourth-order valence-electron chi connectivity index (χ4n) is 5.25. The summed E-state index contributed by atoms with van der Waals surface area (Å²) >= 11 is 0. The van der Waals surface area contributed by atoms with Crippen molar-refractivity contribution in [1.82, 2.24) is 19.9 Å². The van der Waals surface area contributed by atoms with E-state index in [4.69, 9.17) is 5.73 Å². The van der Waals surface area contributed by atoms with Crippen LogP contribution in [0.2, 0.25) is 0 Å². The van der Waals surface area contributed by atoms with Gasteiger partial charge in [-0.15, -0.1) is 0 Å². The lowest BCUT2D eigenvalue weighted by atomic mass is 9.77. The lowest BCUT2D eigenvalue weighted by Gasteiger charge is -2.28. The van der Waals surface area contributed by atoms with E-state index >= 15 is 0 Å². The van der Waals surface area contributed by atoms with E-state index in [2.05, 4.69) is 57.1 Å². The van der Waals surface area contributed by atoms with Crippen LogP contribution in [-0.2, 0) is 16.8 Å². The predicted molar refractivity (Wildman–Crippen MR) is 133 cm³/mol. The summed E-state index contributed by atoms with van der Waals surface area (Å²) in [4.78, 5) is 22.2. The molecule has 1 amide bonds. The van der Waals surface area contributed by atoms with Gasteiger partial charge < -0.3 is 15.6 Å². The summed E-state index contributed by atoms with van der Waals surface area (Å²) in [6.45, 7) is 3.59. The molecule has 2 aromatic heterocycles. The van der Waals surface area contributed by atoms with E-state index in [9.17, 15) is 4.79 Å². The Bertz CT molecular complexity index is 1290. The molecule has 1 aliphatic rings. The van der Waals surface area contributed by atoms with E-state index in [1.54, 1.807) is 0 Å². The number of nitrogens with zero attached hydrogens (tertiary/aromatic N) is 3. The number of benzene rings is 2. The van der Waals surface area contributed by atoms with Crippen molar-refractivity contribution in [1.29, 1.82) is 0 Å². The van der Waals surface area contributed by atoms with Crippen LogP contribution < -0.4 is 11.1 Å². The predicted octanol–water partition coefficient (Wildman–Crippen LogP) is 4.88. The number of aromatic nitrogens is 3. The van der Waals surface area contributed by atoms with E-state index < -0.39 is 0 Å². The standard InChI is InChI=1S/C27H31N5O/c1-19-10-12-20(13-11-19)27(14-4-5-15-27)26(33)29-16-6-7-17-32-18-30-23-24(32)21-8-2-3-9-22(21)31-25(23)28/h2-3,8-13,18H,4-7,14-17H2,1H3,(H2,28,31)(H,29,33). The number of nitrogen functional groups attached to an aromatic ring is 1. The molecule has 170 valence electrons. The van der Waals surface area contributed by atoms with Crippen molar-refractivity contribution in [2.45, 2.75) is 57.4 Å². The Morgan fingerprint density at radius 2 is 1.85 bits per heavy atom. The number of imidazole rings is 1. The number of unbranched alkanes of at least 4 members (excludes halogenated alkanes) is 1. The molecule has 5 rings (SSSR count). The zero-order chi connectivity index (χ0) is 22.8. The first-order valence-corrected chi connectivity index (χ1v) is 11.9. The van der Waals surface area contributed by atoms with Crippen LogP contribution in [0, 0.1) is 6.92 Å². The minimum atomic E-state index is -0.363. The molecule has 33 heavy (non-hydrogen) atoms. The first-order chi connectivity index (χ1) is 16.1. The highest BCUT2D eigenvalue weighted by atomic mass is 16.2. The van der Waals surface area contributed by atoms with Gasteiger partial charge in [-0.2, -0.15) is 0 Å². The van der Waals surface area contributed by atoms with Crippen LogP contribution >= 0.6 is 0 Å². The topological polar surface area (TPSA) is 85.8 Å². The summed E-state index contributed by atoms with van der Waals surface area (Å²) in [6, 6.07) is 16.5. The van der Waals surface area contributed by atoms with Gasteiger partial charge in [-0.1, -0.05) is 60.9 Å². The van der Waals surface area contributed by atoms with Crippen LogP contribution in [0.4, 0.5) is 5.82 Å². The second-order valence-electron chi connectivity index (χ2n) is 9.27. The number of amides is 1. The molecular formula is C27H31N5O. The quantitative estimate of drug-likeness (QED) is 0.400. The molecule has 0 atom stereocenters. The minimum absolute atomic E-state index is 0.182. The van der Waals surface area contributed by atoms with Gasteiger partial charge in [0, 0.05) is 18.5 Å². The summed E-state index contributed by atoms with van der Waals surface area (Å²) in [5.41, 5.74) is 10.8. The molecule has 4 aromatic rings. The zero-order valence-corrected chi connectivity index (χ0v) is 19.2. The van der Waals surface area contributed by atoms with Gasteiger partial charge in [-0.25, -0.2) is 9.97 Å². The van der Waals surface area contributed by atoms with Crippen LogP contribution in [0.25, 0.3) is 21.9 Å². The third-order valence-electron chi connectivity index (χ3n) is 7.09. The summed E-state index contributed by atoms with van der Waals surface area (Å²) in [6.07, 6.45) is 7.80. The SMILES string of the molecule is Cc1ccc(C2(C(=O)NCCCCn3cnc4c(N)nc5ccccc5c43)CCCC2)cc1. The van der Waals surface area contributed by atoms with Crippen molar-refractivity contribution in [3.05, 3.63) is 66.0 Å². The summed E-state index contributed by atoms with van der Waals surface area (Å²) in [7, 11) is 0. The van der Waals surface area contributed by atoms with E-state index in [-0.39, 0.29) is 11.3 Å². The van der Waals surface area contributed by atoms with Crippen molar-refractivity contribution in [2.24, 2.45) is 0 Å². The van der Waals surface area contributed by atoms with Gasteiger partial charge in [0.2, 0.25) is 5.91 Å². The number of anilines is 1. The van der Waals surface area contributed by atoms with Crippen molar-refractivity contribution in [3.63, 3.8) is 0 Å². The highest BCUT2D eigenvalue weighted by molar-refractivity contribution is 6.06. The molecule has 1 saturated carbocycles. The van der Waals surface area contributed by atoms with Crippen molar-refractivity contribution in [3.8, 4) is 0 Å². The molecular weight excluding hydrogens is 410 g/mol. The minimum Gasteiger partial charge on any atom is -0.382 e. The van der Waals surface area contributed by atoms with E-state index in [0.29, 0.717) is 12.4 Å². The van der Waals surface area contributed by atoms with Crippen molar-refractivity contribution < 1.29 is 4.79 Å². The molecule has 2 aromatic carbocycles. The van der Waals surface area contributed by atoms with E-state index in [1.165, 1.54) is 5.56 Å². The van der Waals surface area contributed by atoms with Gasteiger partial charge in [0.15, 0.2) is 5.82 Å². The first-order valence-electron chi connectivity index (χ1n) is 11.9. The third-order valence-corrected chi connectivity index (χ3v) is 7.09. The number of carbonyl (C=O) groups is 1. The van der Waals surface area contributed by atoms with Gasteiger partial charge in [-0.05, 0) is 44.2 Å². The summed E-state index contributed by atoms with van der Waals surface area (Å²) < 4.78 is 2.16. The molecule has 0 bridgehead atoms. The maximum absolute atomic E-state index is 13.3. The number of nitrogens with two attached hydrogens (primary N) is 1. The Kier molecular flexibility index (Phi) is 5.75. The van der Waals surface area contributed by atoms with Gasteiger partial charge in [-0.3, -0.25) is 4.79 Å². The Morgan fingerprint density at radius 3 is 2.64 bits per heavy atom. The van der Waals surface area contributed by atoms with E-state index in [0.717, 1.165) is 72.6 Å². The first kappa shape index (κ1) is 21.4. The number of fused-ring (bicyclic) bond motifs is 3. The second kappa shape index (κ2) is 8.85. The summed E-state index contributed by atoms with van der Waals surface area (Å²) in [5.74, 6) is 0.648. The Hall–Kier alpha value is -3.41. The van der Waals surface area contributed by atoms with Gasteiger partial charge >= 0.3 is 0 Å².